The highest BCUT2D eigenvalue weighted by molar-refractivity contribution is 5.76. The molecule has 1 saturated carbocycles. The molecule has 0 radical (unpaired) electrons. The summed E-state index contributed by atoms with van der Waals surface area (Å²) >= 11 is 0. The Morgan fingerprint density at radius 3 is 2.44 bits per heavy atom. The zero-order valence-electron chi connectivity index (χ0n) is 20.7. The zero-order valence-corrected chi connectivity index (χ0v) is 20.7. The molecule has 0 aromatic heterocycles. The molecule has 0 spiro atoms. The quantitative estimate of drug-likeness (QED) is 0.518. The van der Waals surface area contributed by atoms with Crippen LogP contribution in [0.25, 0.3) is 0 Å². The minimum Gasteiger partial charge on any atom is -0.442 e. The highest BCUT2D eigenvalue weighted by Crippen LogP contribution is 2.51. The van der Waals surface area contributed by atoms with Crippen LogP contribution in [-0.4, -0.2) is 53.8 Å². The van der Waals surface area contributed by atoms with E-state index >= 15 is 0 Å². The van der Waals surface area contributed by atoms with E-state index < -0.39 is 5.60 Å². The molecule has 1 N–H and O–H groups in total. The number of amides is 2. The molecule has 3 saturated heterocycles. The van der Waals surface area contributed by atoms with Crippen LogP contribution in [0.2, 0.25) is 0 Å². The van der Waals surface area contributed by atoms with Crippen molar-refractivity contribution in [2.24, 2.45) is 11.3 Å². The number of alkyl carbamates (subject to hydrolysis) is 1. The molecule has 6 atom stereocenters. The van der Waals surface area contributed by atoms with Gasteiger partial charge >= 0.3 is 6.09 Å². The predicted octanol–water partition coefficient (Wildman–Crippen LogP) is 5.19. The van der Waals surface area contributed by atoms with E-state index in [4.69, 9.17) is 9.47 Å². The molecule has 0 aromatic rings. The molecular weight excluding hydrogens is 404 g/mol. The second-order valence-corrected chi connectivity index (χ2v) is 11.7. The first-order chi connectivity index (χ1) is 15.2. The van der Waals surface area contributed by atoms with Crippen LogP contribution in [0.3, 0.4) is 0 Å². The molecule has 4 fully saturated rings. The third kappa shape index (κ3) is 5.10. The summed E-state index contributed by atoms with van der Waals surface area (Å²) in [6.07, 6.45) is 14.0. The van der Waals surface area contributed by atoms with Crippen LogP contribution in [0.15, 0.2) is 0 Å². The van der Waals surface area contributed by atoms with E-state index in [9.17, 15) is 9.59 Å². The highest BCUT2D eigenvalue weighted by atomic mass is 16.6. The van der Waals surface area contributed by atoms with Gasteiger partial charge in [-0.15, -0.1) is 0 Å². The number of carbonyl (C=O) groups excluding carboxylic acids is 2. The first-order valence-corrected chi connectivity index (χ1v) is 13.1. The Bertz CT molecular complexity index is 695. The Morgan fingerprint density at radius 2 is 1.66 bits per heavy atom. The smallest absolute Gasteiger partial charge is 0.407 e. The molecule has 2 amide bonds. The average molecular weight is 449 g/mol. The van der Waals surface area contributed by atoms with Crippen molar-refractivity contribution in [1.82, 2.24) is 10.2 Å². The van der Waals surface area contributed by atoms with Crippen molar-refractivity contribution < 1.29 is 19.1 Å². The molecule has 182 valence electrons. The summed E-state index contributed by atoms with van der Waals surface area (Å²) in [4.78, 5) is 27.4. The number of hydrogen-bond acceptors (Lipinski definition) is 4. The third-order valence-electron chi connectivity index (χ3n) is 9.19. The van der Waals surface area contributed by atoms with Crippen molar-refractivity contribution in [3.05, 3.63) is 0 Å². The van der Waals surface area contributed by atoms with Crippen molar-refractivity contribution in [2.45, 2.75) is 134 Å². The number of ether oxygens (including phenoxy) is 2. The lowest BCUT2D eigenvalue weighted by Crippen LogP contribution is -2.59. The van der Waals surface area contributed by atoms with Gasteiger partial charge in [-0.25, -0.2) is 4.79 Å². The van der Waals surface area contributed by atoms with E-state index in [1.54, 1.807) is 0 Å². The van der Waals surface area contributed by atoms with Gasteiger partial charge in [-0.1, -0.05) is 58.8 Å². The van der Waals surface area contributed by atoms with E-state index in [2.05, 4.69) is 26.1 Å². The maximum Gasteiger partial charge on any atom is 0.407 e. The predicted molar refractivity (Wildman–Crippen MR) is 124 cm³/mol. The lowest BCUT2D eigenvalue weighted by Gasteiger charge is -2.47. The van der Waals surface area contributed by atoms with Gasteiger partial charge in [0, 0.05) is 37.4 Å². The van der Waals surface area contributed by atoms with E-state index in [-0.39, 0.29) is 35.7 Å². The summed E-state index contributed by atoms with van der Waals surface area (Å²) in [6.45, 7) is 6.39. The van der Waals surface area contributed by atoms with Crippen LogP contribution in [0.4, 0.5) is 4.79 Å². The first-order valence-electron chi connectivity index (χ1n) is 13.1. The molecule has 1 aliphatic carbocycles. The highest BCUT2D eigenvalue weighted by Gasteiger charge is 2.60. The third-order valence-corrected chi connectivity index (χ3v) is 9.19. The monoisotopic (exact) mass is 448 g/mol. The number of fused-ring (bicyclic) bond motifs is 5. The summed E-state index contributed by atoms with van der Waals surface area (Å²) in [5, 5.41) is 3.06. The topological polar surface area (TPSA) is 71.2 Å². The number of rotatable bonds is 0. The Hall–Kier alpha value is -1.30. The molecule has 0 aromatic carbocycles. The molecule has 3 heterocycles. The molecule has 32 heavy (non-hydrogen) atoms. The average Bonchev–Trinajstić information content (AvgIpc) is 3.53. The van der Waals surface area contributed by atoms with Crippen LogP contribution in [0.5, 0.6) is 0 Å². The van der Waals surface area contributed by atoms with E-state index in [1.807, 2.05) is 11.9 Å². The maximum atomic E-state index is 12.9. The molecule has 6 heteroatoms. The number of hydrogen-bond donors (Lipinski definition) is 1. The standard InChI is InChI=1S/C26H44N2O4/c1-25(2)23-21(31-23)14-15-22(29)28(4)20-13-9-11-18(16-20)10-7-5-6-8-12-19-17-26(25,3)32-24(30)27-19/h18-21,23H,5-17H2,1-4H3,(H,27,30). The Kier molecular flexibility index (Phi) is 7.09. The largest absolute Gasteiger partial charge is 0.442 e. The van der Waals surface area contributed by atoms with Gasteiger partial charge in [0.1, 0.15) is 5.60 Å². The van der Waals surface area contributed by atoms with Crippen LogP contribution < -0.4 is 5.32 Å². The maximum absolute atomic E-state index is 12.9. The van der Waals surface area contributed by atoms with Crippen molar-refractivity contribution in [2.75, 3.05) is 7.05 Å². The first kappa shape index (κ1) is 23.8. The second kappa shape index (κ2) is 9.52. The molecule has 4 aliphatic rings. The van der Waals surface area contributed by atoms with Crippen LogP contribution in [0.1, 0.15) is 104 Å². The van der Waals surface area contributed by atoms with Crippen LogP contribution >= 0.6 is 0 Å². The summed E-state index contributed by atoms with van der Waals surface area (Å²) in [5.41, 5.74) is -0.873. The van der Waals surface area contributed by atoms with Gasteiger partial charge < -0.3 is 19.7 Å². The molecule has 3 aliphatic heterocycles. The van der Waals surface area contributed by atoms with Gasteiger partial charge in [-0.05, 0) is 38.5 Å². The van der Waals surface area contributed by atoms with Gasteiger partial charge in [-0.3, -0.25) is 4.79 Å². The van der Waals surface area contributed by atoms with Crippen molar-refractivity contribution in [3.8, 4) is 0 Å². The molecule has 4 rings (SSSR count). The lowest BCUT2D eigenvalue weighted by atomic mass is 9.68. The normalized spacial score (nSPS) is 41.2. The van der Waals surface area contributed by atoms with Gasteiger partial charge in [0.2, 0.25) is 5.91 Å². The molecule has 6 unspecified atom stereocenters. The van der Waals surface area contributed by atoms with Gasteiger partial charge in [0.15, 0.2) is 0 Å². The summed E-state index contributed by atoms with van der Waals surface area (Å²) in [5.74, 6) is 1.01. The van der Waals surface area contributed by atoms with Gasteiger partial charge in [0.05, 0.1) is 12.2 Å². The zero-order chi connectivity index (χ0) is 22.9. The van der Waals surface area contributed by atoms with E-state index in [0.29, 0.717) is 12.5 Å². The fourth-order valence-electron chi connectivity index (χ4n) is 6.53. The molecular formula is C26H44N2O4. The molecule has 4 bridgehead atoms. The van der Waals surface area contributed by atoms with Crippen LogP contribution in [-0.2, 0) is 14.3 Å². The van der Waals surface area contributed by atoms with Gasteiger partial charge in [-0.2, -0.15) is 0 Å². The minimum atomic E-state index is -0.569. The fourth-order valence-corrected chi connectivity index (χ4v) is 6.53. The minimum absolute atomic E-state index is 0.0262. The number of carbonyl (C=O) groups is 2. The Morgan fingerprint density at radius 1 is 0.938 bits per heavy atom. The lowest BCUT2D eigenvalue weighted by molar-refractivity contribution is -0.133. The molecule has 6 nitrogen and oxygen atoms in total. The fraction of sp³-hybridized carbons (Fsp3) is 0.923. The van der Waals surface area contributed by atoms with Crippen LogP contribution in [0, 0.1) is 11.3 Å². The summed E-state index contributed by atoms with van der Waals surface area (Å²) in [7, 11) is 2.00. The number of nitrogens with zero attached hydrogens (tertiary/aromatic N) is 1. The van der Waals surface area contributed by atoms with E-state index in [1.165, 1.54) is 44.9 Å². The van der Waals surface area contributed by atoms with Crippen molar-refractivity contribution in [3.63, 3.8) is 0 Å². The number of epoxide rings is 1. The summed E-state index contributed by atoms with van der Waals surface area (Å²) < 4.78 is 12.0. The Labute approximate surface area is 194 Å². The van der Waals surface area contributed by atoms with Crippen molar-refractivity contribution in [1.29, 1.82) is 0 Å². The second-order valence-electron chi connectivity index (χ2n) is 11.7. The Balaban J connectivity index is 1.45. The summed E-state index contributed by atoms with van der Waals surface area (Å²) in [6, 6.07) is 0.563. The van der Waals surface area contributed by atoms with Gasteiger partial charge in [0.25, 0.3) is 0 Å². The number of nitrogens with one attached hydrogen (secondary N) is 1. The SMILES string of the molecule is CN1C(=O)CCC2OC2C(C)(C)C2(C)CC(CCCCCCC3CCCC1C3)NC(=O)O2. The van der Waals surface area contributed by atoms with Crippen molar-refractivity contribution >= 4 is 12.0 Å². The van der Waals surface area contributed by atoms with E-state index in [0.717, 1.165) is 38.0 Å².